The first-order valence-electron chi connectivity index (χ1n) is 9.12. The number of halogens is 2. The van der Waals surface area contributed by atoms with Crippen molar-refractivity contribution in [2.24, 2.45) is 5.92 Å². The van der Waals surface area contributed by atoms with Crippen LogP contribution in [0.2, 0.25) is 5.02 Å². The molecule has 0 saturated carbocycles. The highest BCUT2D eigenvalue weighted by atomic mass is 35.5. The summed E-state index contributed by atoms with van der Waals surface area (Å²) < 4.78 is 13.9. The molecule has 2 aromatic carbocycles. The molecule has 0 aliphatic carbocycles. The van der Waals surface area contributed by atoms with Gasteiger partial charge in [-0.25, -0.2) is 4.39 Å². The Bertz CT molecular complexity index is 752. The van der Waals surface area contributed by atoms with Gasteiger partial charge in [-0.05, 0) is 56.1 Å². The summed E-state index contributed by atoms with van der Waals surface area (Å²) in [5.41, 5.74) is 2.59. The van der Waals surface area contributed by atoms with E-state index in [0.717, 1.165) is 43.6 Å². The van der Waals surface area contributed by atoms with Crippen LogP contribution >= 0.6 is 11.6 Å². The third-order valence-electron chi connectivity index (χ3n) is 5.06. The number of anilines is 1. The number of hydrogen-bond acceptors (Lipinski definition) is 2. The summed E-state index contributed by atoms with van der Waals surface area (Å²) in [5.74, 6) is -0.199. The Kier molecular flexibility index (Phi) is 6.28. The highest BCUT2D eigenvalue weighted by Crippen LogP contribution is 2.25. The molecule has 1 aliphatic heterocycles. The molecule has 0 aromatic heterocycles. The highest BCUT2D eigenvalue weighted by molar-refractivity contribution is 6.31. The zero-order chi connectivity index (χ0) is 18.5. The quantitative estimate of drug-likeness (QED) is 0.807. The number of rotatable bonds is 5. The first kappa shape index (κ1) is 18.9. The van der Waals surface area contributed by atoms with Crippen molar-refractivity contribution in [2.75, 3.05) is 18.4 Å². The van der Waals surface area contributed by atoms with E-state index in [9.17, 15) is 9.18 Å². The number of amides is 1. The van der Waals surface area contributed by atoms with Gasteiger partial charge in [0.1, 0.15) is 5.82 Å². The van der Waals surface area contributed by atoms with E-state index in [2.05, 4.69) is 17.1 Å². The van der Waals surface area contributed by atoms with E-state index in [1.165, 1.54) is 6.07 Å². The van der Waals surface area contributed by atoms with Crippen molar-refractivity contribution in [3.8, 4) is 0 Å². The third-order valence-corrected chi connectivity index (χ3v) is 5.41. The number of hydrogen-bond donors (Lipinski definition) is 1. The number of piperidine rings is 1. The second-order valence-electron chi connectivity index (χ2n) is 6.75. The lowest BCUT2D eigenvalue weighted by molar-refractivity contribution is -0.121. The number of aryl methyl sites for hydroxylation is 1. The molecular weight excluding hydrogens is 351 g/mol. The molecule has 2 aromatic rings. The predicted molar refractivity (Wildman–Crippen MR) is 104 cm³/mol. The summed E-state index contributed by atoms with van der Waals surface area (Å²) in [6, 6.07) is 12.7. The lowest BCUT2D eigenvalue weighted by atomic mass is 9.95. The van der Waals surface area contributed by atoms with Crippen molar-refractivity contribution >= 4 is 23.2 Å². The Morgan fingerprint density at radius 2 is 1.92 bits per heavy atom. The minimum atomic E-state index is -0.270. The molecule has 0 spiro atoms. The molecule has 0 radical (unpaired) electrons. The minimum absolute atomic E-state index is 0.00717. The standard InChI is InChI=1S/C21H24ClFN2O/c1-2-15-6-3-4-9-20(15)24-21(26)16-10-12-25(13-11-16)14-17-18(22)7-5-8-19(17)23/h3-9,16H,2,10-14H2,1H3,(H,24,26). The number of likely N-dealkylation sites (tertiary alicyclic amines) is 1. The summed E-state index contributed by atoms with van der Waals surface area (Å²) in [6.45, 7) is 4.09. The highest BCUT2D eigenvalue weighted by Gasteiger charge is 2.26. The van der Waals surface area contributed by atoms with E-state index < -0.39 is 0 Å². The van der Waals surface area contributed by atoms with Gasteiger partial charge < -0.3 is 5.32 Å². The van der Waals surface area contributed by atoms with Crippen molar-refractivity contribution in [1.29, 1.82) is 0 Å². The van der Waals surface area contributed by atoms with Gasteiger partial charge in [0.25, 0.3) is 0 Å². The summed E-state index contributed by atoms with van der Waals surface area (Å²) in [4.78, 5) is 14.8. The number of benzene rings is 2. The fraction of sp³-hybridized carbons (Fsp3) is 0.381. The van der Waals surface area contributed by atoms with Gasteiger partial charge in [0.15, 0.2) is 0 Å². The molecule has 3 nitrogen and oxygen atoms in total. The van der Waals surface area contributed by atoms with E-state index in [1.54, 1.807) is 12.1 Å². The van der Waals surface area contributed by atoms with Gasteiger partial charge in [0.2, 0.25) is 5.91 Å². The van der Waals surface area contributed by atoms with Crippen molar-refractivity contribution in [3.63, 3.8) is 0 Å². The van der Waals surface area contributed by atoms with Gasteiger partial charge in [-0.3, -0.25) is 9.69 Å². The van der Waals surface area contributed by atoms with Crippen LogP contribution in [0.1, 0.15) is 30.9 Å². The Hall–Kier alpha value is -1.91. The zero-order valence-electron chi connectivity index (χ0n) is 15.0. The summed E-state index contributed by atoms with van der Waals surface area (Å²) in [5, 5.41) is 3.53. The smallest absolute Gasteiger partial charge is 0.227 e. The van der Waals surface area contributed by atoms with E-state index in [0.29, 0.717) is 17.1 Å². The SMILES string of the molecule is CCc1ccccc1NC(=O)C1CCN(Cc2c(F)cccc2Cl)CC1. The lowest BCUT2D eigenvalue weighted by Gasteiger charge is -2.31. The molecular formula is C21H24ClFN2O. The Morgan fingerprint density at radius 3 is 2.62 bits per heavy atom. The van der Waals surface area contributed by atoms with Crippen LogP contribution in [-0.2, 0) is 17.8 Å². The molecule has 1 N–H and O–H groups in total. The van der Waals surface area contributed by atoms with Crippen LogP contribution in [0.3, 0.4) is 0 Å². The molecule has 1 aliphatic rings. The van der Waals surface area contributed by atoms with E-state index in [-0.39, 0.29) is 17.6 Å². The third kappa shape index (κ3) is 4.43. The van der Waals surface area contributed by atoms with Gasteiger partial charge >= 0.3 is 0 Å². The summed E-state index contributed by atoms with van der Waals surface area (Å²) in [7, 11) is 0. The fourth-order valence-electron chi connectivity index (χ4n) is 3.45. The second kappa shape index (κ2) is 8.65. The van der Waals surface area contributed by atoms with E-state index in [4.69, 9.17) is 11.6 Å². The molecule has 5 heteroatoms. The van der Waals surface area contributed by atoms with Gasteiger partial charge in [0.05, 0.1) is 0 Å². The van der Waals surface area contributed by atoms with Crippen LogP contribution in [0.4, 0.5) is 10.1 Å². The molecule has 0 atom stereocenters. The lowest BCUT2D eigenvalue weighted by Crippen LogP contribution is -2.38. The maximum Gasteiger partial charge on any atom is 0.227 e. The monoisotopic (exact) mass is 374 g/mol. The van der Waals surface area contributed by atoms with Crippen LogP contribution < -0.4 is 5.32 Å². The molecule has 1 saturated heterocycles. The maximum absolute atomic E-state index is 13.9. The van der Waals surface area contributed by atoms with Crippen molar-refractivity contribution in [2.45, 2.75) is 32.7 Å². The molecule has 0 unspecified atom stereocenters. The number of para-hydroxylation sites is 1. The van der Waals surface area contributed by atoms with Crippen LogP contribution in [0, 0.1) is 11.7 Å². The van der Waals surface area contributed by atoms with Gasteiger partial charge in [0, 0.05) is 28.7 Å². The minimum Gasteiger partial charge on any atom is -0.326 e. The van der Waals surface area contributed by atoms with Crippen LogP contribution in [0.15, 0.2) is 42.5 Å². The van der Waals surface area contributed by atoms with E-state index in [1.807, 2.05) is 24.3 Å². The number of carbonyl (C=O) groups is 1. The van der Waals surface area contributed by atoms with Crippen molar-refractivity contribution in [3.05, 3.63) is 64.4 Å². The topological polar surface area (TPSA) is 32.3 Å². The molecule has 3 rings (SSSR count). The number of nitrogens with zero attached hydrogens (tertiary/aromatic N) is 1. The summed E-state index contributed by atoms with van der Waals surface area (Å²) in [6.07, 6.45) is 2.43. The number of carbonyl (C=O) groups excluding carboxylic acids is 1. The van der Waals surface area contributed by atoms with Crippen LogP contribution in [-0.4, -0.2) is 23.9 Å². The maximum atomic E-state index is 13.9. The molecule has 138 valence electrons. The van der Waals surface area contributed by atoms with Gasteiger partial charge in [-0.15, -0.1) is 0 Å². The molecule has 1 amide bonds. The van der Waals surface area contributed by atoms with Crippen LogP contribution in [0.25, 0.3) is 0 Å². The molecule has 1 heterocycles. The average molecular weight is 375 g/mol. The van der Waals surface area contributed by atoms with Crippen molar-refractivity contribution in [1.82, 2.24) is 4.90 Å². The van der Waals surface area contributed by atoms with Crippen LogP contribution in [0.5, 0.6) is 0 Å². The normalized spacial score (nSPS) is 15.8. The Balaban J connectivity index is 1.56. The van der Waals surface area contributed by atoms with E-state index >= 15 is 0 Å². The molecule has 0 bridgehead atoms. The Morgan fingerprint density at radius 1 is 1.19 bits per heavy atom. The second-order valence-corrected chi connectivity index (χ2v) is 7.16. The fourth-order valence-corrected chi connectivity index (χ4v) is 3.67. The molecule has 1 fully saturated rings. The number of nitrogens with one attached hydrogen (secondary N) is 1. The van der Waals surface area contributed by atoms with Gasteiger partial charge in [-0.1, -0.05) is 42.8 Å². The Labute approximate surface area is 159 Å². The zero-order valence-corrected chi connectivity index (χ0v) is 15.7. The largest absolute Gasteiger partial charge is 0.326 e. The average Bonchev–Trinajstić information content (AvgIpc) is 2.66. The molecule has 26 heavy (non-hydrogen) atoms. The van der Waals surface area contributed by atoms with Crippen molar-refractivity contribution < 1.29 is 9.18 Å². The first-order valence-corrected chi connectivity index (χ1v) is 9.50. The summed E-state index contributed by atoms with van der Waals surface area (Å²) >= 11 is 6.12. The first-order chi connectivity index (χ1) is 12.6. The van der Waals surface area contributed by atoms with Gasteiger partial charge in [-0.2, -0.15) is 0 Å². The predicted octanol–water partition coefficient (Wildman–Crippen LogP) is 4.89.